The van der Waals surface area contributed by atoms with Crippen molar-refractivity contribution in [3.05, 3.63) is 82.6 Å². The number of aromatic amines is 1. The summed E-state index contributed by atoms with van der Waals surface area (Å²) in [5, 5.41) is 7.28. The number of para-hydroxylation sites is 1. The Morgan fingerprint density at radius 1 is 1.03 bits per heavy atom. The van der Waals surface area contributed by atoms with Crippen LogP contribution in [0, 0.1) is 0 Å². The number of hydrogen-bond donors (Lipinski definition) is 2. The maximum atomic E-state index is 13.1. The molecule has 0 saturated heterocycles. The first kappa shape index (κ1) is 22.1. The highest BCUT2D eigenvalue weighted by atomic mass is 19.4. The summed E-state index contributed by atoms with van der Waals surface area (Å²) in [5.74, 6) is -0.766. The van der Waals surface area contributed by atoms with Crippen molar-refractivity contribution in [2.24, 2.45) is 0 Å². The van der Waals surface area contributed by atoms with E-state index in [1.807, 2.05) is 0 Å². The molecule has 2 N–H and O–H groups in total. The summed E-state index contributed by atoms with van der Waals surface area (Å²) in [5.41, 5.74) is 1.87. The quantitative estimate of drug-likeness (QED) is 0.403. The highest BCUT2D eigenvalue weighted by Gasteiger charge is 2.31. The minimum absolute atomic E-state index is 0.109. The lowest BCUT2D eigenvalue weighted by Gasteiger charge is -2.09. The number of nitrogens with zero attached hydrogens (tertiary/aromatic N) is 3. The van der Waals surface area contributed by atoms with E-state index in [1.165, 1.54) is 35.8 Å². The number of benzene rings is 2. The van der Waals surface area contributed by atoms with Crippen molar-refractivity contribution in [1.29, 1.82) is 0 Å². The molecule has 1 amide bonds. The van der Waals surface area contributed by atoms with Crippen LogP contribution in [0.1, 0.15) is 10.4 Å². The van der Waals surface area contributed by atoms with Crippen LogP contribution in [0.5, 0.6) is 5.75 Å². The van der Waals surface area contributed by atoms with Crippen LogP contribution < -0.4 is 15.5 Å². The van der Waals surface area contributed by atoms with Gasteiger partial charge in [-0.2, -0.15) is 0 Å². The molecule has 0 fully saturated rings. The van der Waals surface area contributed by atoms with Crippen molar-refractivity contribution in [2.45, 2.75) is 6.36 Å². The van der Waals surface area contributed by atoms with Crippen LogP contribution in [0.15, 0.2) is 71.7 Å². The molecule has 0 aliphatic carbocycles. The summed E-state index contributed by atoms with van der Waals surface area (Å²) >= 11 is 0. The normalized spacial score (nSPS) is 11.7. The minimum Gasteiger partial charge on any atom is -0.406 e. The van der Waals surface area contributed by atoms with Gasteiger partial charge in [-0.1, -0.05) is 24.3 Å². The summed E-state index contributed by atoms with van der Waals surface area (Å²) in [6.07, 6.45) is -3.13. The van der Waals surface area contributed by atoms with Crippen LogP contribution in [-0.2, 0) is 0 Å². The first-order chi connectivity index (χ1) is 16.7. The predicted molar refractivity (Wildman–Crippen MR) is 122 cm³/mol. The molecule has 0 spiro atoms. The molecule has 35 heavy (non-hydrogen) atoms. The first-order valence-electron chi connectivity index (χ1n) is 10.3. The fourth-order valence-corrected chi connectivity index (χ4v) is 3.75. The molecular weight excluding hydrogens is 463 g/mol. The van der Waals surface area contributed by atoms with Gasteiger partial charge in [0.2, 0.25) is 5.43 Å². The molecule has 0 aliphatic heterocycles. The summed E-state index contributed by atoms with van der Waals surface area (Å²) in [6.45, 7) is 0. The van der Waals surface area contributed by atoms with Crippen molar-refractivity contribution in [3.63, 3.8) is 0 Å². The number of alkyl halides is 3. The number of rotatable bonds is 4. The van der Waals surface area contributed by atoms with Gasteiger partial charge in [0.05, 0.1) is 0 Å². The maximum Gasteiger partial charge on any atom is 0.573 e. The number of H-pyrrole nitrogens is 1. The molecule has 0 saturated carbocycles. The molecule has 0 unspecified atom stereocenters. The number of hydrogen-bond acceptors (Lipinski definition) is 5. The number of fused-ring (bicyclic) bond motifs is 2. The maximum absolute atomic E-state index is 13.1. The number of amides is 1. The van der Waals surface area contributed by atoms with Crippen LogP contribution >= 0.6 is 0 Å². The van der Waals surface area contributed by atoms with Crippen molar-refractivity contribution in [1.82, 2.24) is 24.9 Å². The summed E-state index contributed by atoms with van der Waals surface area (Å²) in [4.78, 5) is 33.2. The molecule has 3 heterocycles. The second kappa shape index (κ2) is 8.28. The van der Waals surface area contributed by atoms with E-state index in [0.29, 0.717) is 27.7 Å². The number of aromatic nitrogens is 4. The topological polar surface area (TPSA) is 101 Å². The van der Waals surface area contributed by atoms with Gasteiger partial charge in [0.25, 0.3) is 5.91 Å². The molecule has 2 aromatic carbocycles. The van der Waals surface area contributed by atoms with E-state index in [0.717, 1.165) is 0 Å². The monoisotopic (exact) mass is 479 g/mol. The zero-order valence-electron chi connectivity index (χ0n) is 18.1. The second-order valence-electron chi connectivity index (χ2n) is 7.56. The second-order valence-corrected chi connectivity index (χ2v) is 7.56. The van der Waals surface area contributed by atoms with Crippen LogP contribution in [0.25, 0.3) is 39.2 Å². The standard InChI is InChI=1S/C24H16F3N5O3/c1-28-23(34)19-20(29-17-5-3-2-4-16(17)21(19)33)22-30-18-11-8-14(12-32(18)31-22)13-6-9-15(10-7-13)35-24(25,26)27/h2-12H,1H3,(H,28,34)(H,29,33). The van der Waals surface area contributed by atoms with E-state index >= 15 is 0 Å². The number of carbonyl (C=O) groups excluding carboxylic acids is 1. The van der Waals surface area contributed by atoms with E-state index in [2.05, 4.69) is 25.1 Å². The Hall–Kier alpha value is -4.67. The van der Waals surface area contributed by atoms with Crippen molar-refractivity contribution in [3.8, 4) is 28.4 Å². The SMILES string of the molecule is CNC(=O)c1c(-c2nc3ccc(-c4ccc(OC(F)(F)F)cc4)cn3n2)[nH]c2ccccc2c1=O. The Morgan fingerprint density at radius 2 is 1.74 bits per heavy atom. The van der Waals surface area contributed by atoms with Gasteiger partial charge in [-0.25, -0.2) is 9.50 Å². The number of nitrogens with one attached hydrogen (secondary N) is 2. The predicted octanol–water partition coefficient (Wildman–Crippen LogP) is 4.16. The van der Waals surface area contributed by atoms with Crippen LogP contribution in [0.3, 0.4) is 0 Å². The Bertz CT molecular complexity index is 1640. The Morgan fingerprint density at radius 3 is 2.46 bits per heavy atom. The highest BCUT2D eigenvalue weighted by Crippen LogP contribution is 2.27. The van der Waals surface area contributed by atoms with Crippen molar-refractivity contribution >= 4 is 22.5 Å². The third-order valence-corrected chi connectivity index (χ3v) is 5.34. The molecule has 0 atom stereocenters. The lowest BCUT2D eigenvalue weighted by atomic mass is 10.1. The zero-order chi connectivity index (χ0) is 24.7. The van der Waals surface area contributed by atoms with Gasteiger partial charge in [0.1, 0.15) is 17.0 Å². The average Bonchev–Trinajstić information content (AvgIpc) is 3.26. The van der Waals surface area contributed by atoms with Gasteiger partial charge in [-0.15, -0.1) is 18.3 Å². The largest absolute Gasteiger partial charge is 0.573 e. The van der Waals surface area contributed by atoms with Gasteiger partial charge in [-0.3, -0.25) is 9.59 Å². The van der Waals surface area contributed by atoms with E-state index in [1.54, 1.807) is 42.6 Å². The Labute approximate surface area is 195 Å². The summed E-state index contributed by atoms with van der Waals surface area (Å²) in [6, 6.07) is 15.6. The fourth-order valence-electron chi connectivity index (χ4n) is 3.75. The van der Waals surface area contributed by atoms with E-state index < -0.39 is 17.7 Å². The molecular formula is C24H16F3N5O3. The van der Waals surface area contributed by atoms with Crippen molar-refractivity contribution in [2.75, 3.05) is 7.05 Å². The van der Waals surface area contributed by atoms with E-state index in [4.69, 9.17) is 0 Å². The number of halogens is 3. The van der Waals surface area contributed by atoms with E-state index in [-0.39, 0.29) is 22.8 Å². The fraction of sp³-hybridized carbons (Fsp3) is 0.0833. The number of carbonyl (C=O) groups is 1. The van der Waals surface area contributed by atoms with Crippen LogP contribution in [-0.4, -0.2) is 38.9 Å². The van der Waals surface area contributed by atoms with Gasteiger partial charge < -0.3 is 15.0 Å². The summed E-state index contributed by atoms with van der Waals surface area (Å²) < 4.78 is 42.6. The van der Waals surface area contributed by atoms with Gasteiger partial charge in [0.15, 0.2) is 11.5 Å². The van der Waals surface area contributed by atoms with Gasteiger partial charge in [0, 0.05) is 29.7 Å². The zero-order valence-corrected chi connectivity index (χ0v) is 18.1. The number of ether oxygens (including phenoxy) is 1. The van der Waals surface area contributed by atoms with Gasteiger partial charge in [-0.05, 0) is 42.0 Å². The van der Waals surface area contributed by atoms with Crippen molar-refractivity contribution < 1.29 is 22.7 Å². The molecule has 0 radical (unpaired) electrons. The van der Waals surface area contributed by atoms with E-state index in [9.17, 15) is 22.8 Å². The van der Waals surface area contributed by atoms with Crippen LogP contribution in [0.4, 0.5) is 13.2 Å². The molecule has 5 rings (SSSR count). The molecule has 11 heteroatoms. The smallest absolute Gasteiger partial charge is 0.406 e. The first-order valence-corrected chi connectivity index (χ1v) is 10.3. The molecule has 3 aromatic heterocycles. The van der Waals surface area contributed by atoms with Crippen LogP contribution in [0.2, 0.25) is 0 Å². The molecule has 176 valence electrons. The third kappa shape index (κ3) is 4.19. The molecule has 5 aromatic rings. The Kier molecular flexibility index (Phi) is 5.24. The lowest BCUT2D eigenvalue weighted by Crippen LogP contribution is -2.27. The minimum atomic E-state index is -4.77. The molecule has 0 bridgehead atoms. The Balaban J connectivity index is 1.58. The highest BCUT2D eigenvalue weighted by molar-refractivity contribution is 6.02. The number of pyridine rings is 2. The molecule has 0 aliphatic rings. The molecule has 8 nitrogen and oxygen atoms in total. The summed E-state index contributed by atoms with van der Waals surface area (Å²) in [7, 11) is 1.43. The lowest BCUT2D eigenvalue weighted by molar-refractivity contribution is -0.274. The van der Waals surface area contributed by atoms with Gasteiger partial charge >= 0.3 is 6.36 Å². The third-order valence-electron chi connectivity index (χ3n) is 5.34. The average molecular weight is 479 g/mol.